The summed E-state index contributed by atoms with van der Waals surface area (Å²) in [5, 5.41) is 2.99. The molecule has 20 heavy (non-hydrogen) atoms. The molecule has 0 fully saturated rings. The van der Waals surface area contributed by atoms with Gasteiger partial charge in [-0.15, -0.1) is 11.3 Å². The average Bonchev–Trinajstić information content (AvgIpc) is 3.00. The third-order valence-electron chi connectivity index (χ3n) is 3.84. The number of nitrogens with one attached hydrogen (secondary N) is 1. The number of carbonyl (C=O) groups is 1. The van der Waals surface area contributed by atoms with Gasteiger partial charge in [0, 0.05) is 21.0 Å². The minimum atomic E-state index is -0.0524. The zero-order chi connectivity index (χ0) is 14.1. The van der Waals surface area contributed by atoms with Crippen molar-refractivity contribution in [3.8, 4) is 0 Å². The molecular formula is C16H18N2OS. The number of hydrogen-bond donors (Lipinski definition) is 2. The summed E-state index contributed by atoms with van der Waals surface area (Å²) in [4.78, 5) is 14.9. The number of amides is 1. The van der Waals surface area contributed by atoms with Crippen LogP contribution in [0.4, 0.5) is 5.69 Å². The van der Waals surface area contributed by atoms with Crippen LogP contribution in [-0.4, -0.2) is 5.91 Å². The van der Waals surface area contributed by atoms with Gasteiger partial charge in [0.05, 0.1) is 6.54 Å². The molecule has 1 aliphatic rings. The highest BCUT2D eigenvalue weighted by molar-refractivity contribution is 7.12. The van der Waals surface area contributed by atoms with Gasteiger partial charge in [0.15, 0.2) is 0 Å². The Morgan fingerprint density at radius 1 is 1.40 bits per heavy atom. The Labute approximate surface area is 122 Å². The molecule has 0 bridgehead atoms. The van der Waals surface area contributed by atoms with Gasteiger partial charge in [-0.05, 0) is 55.5 Å². The summed E-state index contributed by atoms with van der Waals surface area (Å²) in [6, 6.07) is 7.68. The lowest BCUT2D eigenvalue weighted by Crippen LogP contribution is -2.23. The minimum absolute atomic E-state index is 0.0524. The molecule has 1 aliphatic carbocycles. The van der Waals surface area contributed by atoms with E-state index < -0.39 is 0 Å². The first-order chi connectivity index (χ1) is 9.65. The molecule has 0 aliphatic heterocycles. The van der Waals surface area contributed by atoms with Gasteiger partial charge in [-0.2, -0.15) is 0 Å². The van der Waals surface area contributed by atoms with Crippen molar-refractivity contribution in [1.29, 1.82) is 0 Å². The molecule has 0 saturated heterocycles. The van der Waals surface area contributed by atoms with E-state index in [1.165, 1.54) is 34.6 Å². The third-order valence-corrected chi connectivity index (χ3v) is 5.08. The normalized spacial score (nSPS) is 13.2. The van der Waals surface area contributed by atoms with E-state index >= 15 is 0 Å². The van der Waals surface area contributed by atoms with Crippen LogP contribution in [0.1, 0.15) is 37.7 Å². The molecule has 1 aromatic heterocycles. The summed E-state index contributed by atoms with van der Waals surface area (Å²) in [6.07, 6.45) is 3.66. The fourth-order valence-electron chi connectivity index (χ4n) is 2.64. The summed E-state index contributed by atoms with van der Waals surface area (Å²) in [6.45, 7) is 2.48. The molecule has 2 aromatic rings. The van der Waals surface area contributed by atoms with Crippen molar-refractivity contribution in [2.45, 2.75) is 32.7 Å². The molecule has 3 rings (SSSR count). The van der Waals surface area contributed by atoms with Crippen molar-refractivity contribution in [2.75, 3.05) is 5.73 Å². The number of rotatable bonds is 3. The van der Waals surface area contributed by atoms with Crippen molar-refractivity contribution in [1.82, 2.24) is 5.32 Å². The first-order valence-electron chi connectivity index (χ1n) is 6.89. The number of hydrogen-bond acceptors (Lipinski definition) is 3. The number of carbonyl (C=O) groups excluding carboxylic acids is 1. The number of anilines is 1. The number of fused-ring (bicyclic) bond motifs is 1. The van der Waals surface area contributed by atoms with Gasteiger partial charge < -0.3 is 11.1 Å². The maximum absolute atomic E-state index is 12.2. The van der Waals surface area contributed by atoms with E-state index in [0.717, 1.165) is 5.56 Å². The van der Waals surface area contributed by atoms with Crippen LogP contribution in [0, 0.1) is 6.92 Å². The molecule has 1 heterocycles. The van der Waals surface area contributed by atoms with Gasteiger partial charge in [-0.3, -0.25) is 4.79 Å². The second-order valence-corrected chi connectivity index (χ2v) is 6.44. The van der Waals surface area contributed by atoms with Crippen LogP contribution in [0.15, 0.2) is 24.3 Å². The maximum atomic E-state index is 12.2. The zero-order valence-corrected chi connectivity index (χ0v) is 12.3. The monoisotopic (exact) mass is 286 g/mol. The SMILES string of the molecule is Cc1c(N)cccc1C(=O)NCc1cc2c(s1)CCC2. The Morgan fingerprint density at radius 3 is 3.05 bits per heavy atom. The van der Waals surface area contributed by atoms with Crippen LogP contribution >= 0.6 is 11.3 Å². The number of thiophene rings is 1. The summed E-state index contributed by atoms with van der Waals surface area (Å²) >= 11 is 1.83. The lowest BCUT2D eigenvalue weighted by molar-refractivity contribution is 0.0950. The number of benzene rings is 1. The van der Waals surface area contributed by atoms with Crippen molar-refractivity contribution >= 4 is 22.9 Å². The van der Waals surface area contributed by atoms with Crippen LogP contribution < -0.4 is 11.1 Å². The van der Waals surface area contributed by atoms with Crippen molar-refractivity contribution in [3.63, 3.8) is 0 Å². The first kappa shape index (κ1) is 13.2. The third kappa shape index (κ3) is 2.43. The van der Waals surface area contributed by atoms with Gasteiger partial charge >= 0.3 is 0 Å². The Morgan fingerprint density at radius 2 is 2.25 bits per heavy atom. The molecule has 0 unspecified atom stereocenters. The highest BCUT2D eigenvalue weighted by atomic mass is 32.1. The maximum Gasteiger partial charge on any atom is 0.251 e. The Bertz CT molecular complexity index is 639. The van der Waals surface area contributed by atoms with Gasteiger partial charge in [0.2, 0.25) is 0 Å². The largest absolute Gasteiger partial charge is 0.398 e. The number of nitrogen functional groups attached to an aromatic ring is 1. The topological polar surface area (TPSA) is 55.1 Å². The van der Waals surface area contributed by atoms with Gasteiger partial charge in [-0.25, -0.2) is 0 Å². The molecule has 0 spiro atoms. The number of aryl methyl sites for hydroxylation is 2. The van der Waals surface area contributed by atoms with Crippen LogP contribution in [0.2, 0.25) is 0 Å². The highest BCUT2D eigenvalue weighted by Gasteiger charge is 2.15. The predicted molar refractivity (Wildman–Crippen MR) is 83.1 cm³/mol. The van der Waals surface area contributed by atoms with Gasteiger partial charge in [-0.1, -0.05) is 6.07 Å². The smallest absolute Gasteiger partial charge is 0.251 e. The van der Waals surface area contributed by atoms with E-state index in [4.69, 9.17) is 5.73 Å². The van der Waals surface area contributed by atoms with E-state index in [1.54, 1.807) is 0 Å². The molecule has 0 atom stereocenters. The molecule has 1 aromatic carbocycles. The molecular weight excluding hydrogens is 268 g/mol. The lowest BCUT2D eigenvalue weighted by atomic mass is 10.1. The van der Waals surface area contributed by atoms with Crippen molar-refractivity contribution < 1.29 is 4.79 Å². The standard InChI is InChI=1S/C16H18N2OS/c1-10-13(5-3-6-14(10)17)16(19)18-9-12-8-11-4-2-7-15(11)20-12/h3,5-6,8H,2,4,7,9,17H2,1H3,(H,18,19). The second kappa shape index (κ2) is 5.29. The van der Waals surface area contributed by atoms with E-state index in [0.29, 0.717) is 17.8 Å². The first-order valence-corrected chi connectivity index (χ1v) is 7.70. The van der Waals surface area contributed by atoms with Gasteiger partial charge in [0.1, 0.15) is 0 Å². The zero-order valence-electron chi connectivity index (χ0n) is 11.5. The molecule has 0 saturated carbocycles. The summed E-state index contributed by atoms with van der Waals surface area (Å²) in [5.41, 5.74) is 9.48. The van der Waals surface area contributed by atoms with E-state index in [-0.39, 0.29) is 5.91 Å². The molecule has 1 amide bonds. The van der Waals surface area contributed by atoms with Crippen LogP contribution in [0.25, 0.3) is 0 Å². The molecule has 104 valence electrons. The fourth-order valence-corrected chi connectivity index (χ4v) is 3.84. The predicted octanol–water partition coefficient (Wildman–Crippen LogP) is 3.06. The van der Waals surface area contributed by atoms with E-state index in [1.807, 2.05) is 36.5 Å². The molecule has 4 heteroatoms. The van der Waals surface area contributed by atoms with E-state index in [9.17, 15) is 4.79 Å². The summed E-state index contributed by atoms with van der Waals surface area (Å²) < 4.78 is 0. The van der Waals surface area contributed by atoms with Crippen LogP contribution in [0.3, 0.4) is 0 Å². The van der Waals surface area contributed by atoms with E-state index in [2.05, 4.69) is 11.4 Å². The van der Waals surface area contributed by atoms with Crippen LogP contribution in [-0.2, 0) is 19.4 Å². The van der Waals surface area contributed by atoms with Crippen molar-refractivity contribution in [3.05, 3.63) is 50.7 Å². The highest BCUT2D eigenvalue weighted by Crippen LogP contribution is 2.30. The minimum Gasteiger partial charge on any atom is -0.398 e. The Kier molecular flexibility index (Phi) is 3.49. The quantitative estimate of drug-likeness (QED) is 0.852. The summed E-state index contributed by atoms with van der Waals surface area (Å²) in [5.74, 6) is -0.0524. The molecule has 0 radical (unpaired) electrons. The Hall–Kier alpha value is -1.81. The van der Waals surface area contributed by atoms with Crippen molar-refractivity contribution in [2.24, 2.45) is 0 Å². The second-order valence-electron chi connectivity index (χ2n) is 5.22. The lowest BCUT2D eigenvalue weighted by Gasteiger charge is -2.08. The molecule has 3 nitrogen and oxygen atoms in total. The average molecular weight is 286 g/mol. The van der Waals surface area contributed by atoms with Gasteiger partial charge in [0.25, 0.3) is 5.91 Å². The molecule has 3 N–H and O–H groups in total. The van der Waals surface area contributed by atoms with Crippen LogP contribution in [0.5, 0.6) is 0 Å². The summed E-state index contributed by atoms with van der Waals surface area (Å²) in [7, 11) is 0. The number of nitrogens with two attached hydrogens (primary N) is 1. The Balaban J connectivity index is 1.68. The fraction of sp³-hybridized carbons (Fsp3) is 0.312.